The highest BCUT2D eigenvalue weighted by Gasteiger charge is 2.01. The molecule has 0 aliphatic carbocycles. The van der Waals surface area contributed by atoms with E-state index in [4.69, 9.17) is 12.2 Å². The zero-order valence-corrected chi connectivity index (χ0v) is 13.2. The van der Waals surface area contributed by atoms with E-state index in [1.54, 1.807) is 0 Å². The molecule has 0 aliphatic rings. The Morgan fingerprint density at radius 3 is 2.19 bits per heavy atom. The number of thiocarbonyl (C=S) groups is 1. The molecule has 0 bridgehead atoms. The Bertz CT molecular complexity index is 604. The first kappa shape index (κ1) is 15.2. The van der Waals surface area contributed by atoms with Gasteiger partial charge in [-0.3, -0.25) is 0 Å². The molecule has 21 heavy (non-hydrogen) atoms. The van der Waals surface area contributed by atoms with Gasteiger partial charge in [0.05, 0.1) is 0 Å². The fraction of sp³-hybridized carbons (Fsp3) is 0.267. The summed E-state index contributed by atoms with van der Waals surface area (Å²) in [5, 5.41) is 9.97. The van der Waals surface area contributed by atoms with Crippen molar-refractivity contribution >= 4 is 34.7 Å². The van der Waals surface area contributed by atoms with Gasteiger partial charge in [0.25, 0.3) is 0 Å². The van der Waals surface area contributed by atoms with Crippen LogP contribution in [0.25, 0.3) is 0 Å². The van der Waals surface area contributed by atoms with Crippen LogP contribution in [0.3, 0.4) is 0 Å². The van der Waals surface area contributed by atoms with Gasteiger partial charge in [-0.1, -0.05) is 0 Å². The first-order valence-electron chi connectivity index (χ1n) is 6.81. The fourth-order valence-corrected chi connectivity index (χ4v) is 2.15. The average molecular weight is 301 g/mol. The van der Waals surface area contributed by atoms with Crippen molar-refractivity contribution in [2.24, 2.45) is 0 Å². The molecular formula is C15H19N5S. The highest BCUT2D eigenvalue weighted by atomic mass is 32.1. The number of rotatable bonds is 4. The van der Waals surface area contributed by atoms with Gasteiger partial charge >= 0.3 is 0 Å². The van der Waals surface area contributed by atoms with E-state index in [0.717, 1.165) is 29.3 Å². The number of aromatic nitrogens is 2. The minimum Gasteiger partial charge on any atom is -0.363 e. The average Bonchev–Trinajstić information content (AvgIpc) is 2.40. The molecule has 0 unspecified atom stereocenters. The normalized spacial score (nSPS) is 10.0. The lowest BCUT2D eigenvalue weighted by Gasteiger charge is -2.10. The fourth-order valence-electron chi connectivity index (χ4n) is 1.88. The highest BCUT2D eigenvalue weighted by Crippen LogP contribution is 2.17. The molecular weight excluding hydrogens is 282 g/mol. The van der Waals surface area contributed by atoms with Crippen LogP contribution >= 0.6 is 12.2 Å². The lowest BCUT2D eigenvalue weighted by molar-refractivity contribution is 0.979. The lowest BCUT2D eigenvalue weighted by Crippen LogP contribution is -2.27. The predicted octanol–water partition coefficient (Wildman–Crippen LogP) is 3.14. The van der Waals surface area contributed by atoms with Crippen LogP contribution in [0.2, 0.25) is 0 Å². The van der Waals surface area contributed by atoms with Crippen LogP contribution in [-0.4, -0.2) is 21.6 Å². The van der Waals surface area contributed by atoms with Crippen molar-refractivity contribution < 1.29 is 0 Å². The van der Waals surface area contributed by atoms with Gasteiger partial charge in [-0.25, -0.2) is 9.97 Å². The molecule has 0 saturated carbocycles. The van der Waals surface area contributed by atoms with Crippen molar-refractivity contribution in [3.8, 4) is 0 Å². The van der Waals surface area contributed by atoms with E-state index in [9.17, 15) is 0 Å². The summed E-state index contributed by atoms with van der Waals surface area (Å²) in [6.45, 7) is 6.71. The number of nitrogens with one attached hydrogen (secondary N) is 3. The zero-order chi connectivity index (χ0) is 15.2. The number of hydrogen-bond donors (Lipinski definition) is 3. The quantitative estimate of drug-likeness (QED) is 0.754. The summed E-state index contributed by atoms with van der Waals surface area (Å²) in [7, 11) is 0. The van der Waals surface area contributed by atoms with Gasteiger partial charge in [-0.2, -0.15) is 0 Å². The van der Waals surface area contributed by atoms with Crippen LogP contribution in [-0.2, 0) is 0 Å². The second-order valence-electron chi connectivity index (χ2n) is 4.66. The topological polar surface area (TPSA) is 61.9 Å². The van der Waals surface area contributed by atoms with Gasteiger partial charge in [0.2, 0.25) is 5.95 Å². The van der Waals surface area contributed by atoms with Crippen molar-refractivity contribution in [2.45, 2.75) is 20.8 Å². The third-order valence-corrected chi connectivity index (χ3v) is 2.96. The largest absolute Gasteiger partial charge is 0.363 e. The molecule has 1 aromatic heterocycles. The lowest BCUT2D eigenvalue weighted by atomic mass is 10.3. The molecule has 0 saturated heterocycles. The molecule has 0 amide bonds. The molecule has 6 heteroatoms. The van der Waals surface area contributed by atoms with Crippen LogP contribution < -0.4 is 16.0 Å². The van der Waals surface area contributed by atoms with E-state index in [-0.39, 0.29) is 0 Å². The van der Waals surface area contributed by atoms with Crippen molar-refractivity contribution in [3.63, 3.8) is 0 Å². The van der Waals surface area contributed by atoms with Gasteiger partial charge in [0, 0.05) is 29.3 Å². The zero-order valence-electron chi connectivity index (χ0n) is 12.4. The van der Waals surface area contributed by atoms with E-state index in [1.165, 1.54) is 0 Å². The van der Waals surface area contributed by atoms with Crippen molar-refractivity contribution in [2.75, 3.05) is 17.2 Å². The maximum Gasteiger partial charge on any atom is 0.227 e. The van der Waals surface area contributed by atoms with Crippen molar-refractivity contribution in [1.29, 1.82) is 0 Å². The maximum atomic E-state index is 5.14. The summed E-state index contributed by atoms with van der Waals surface area (Å²) in [6.07, 6.45) is 0. The van der Waals surface area contributed by atoms with E-state index >= 15 is 0 Å². The van der Waals surface area contributed by atoms with E-state index in [1.807, 2.05) is 51.1 Å². The van der Waals surface area contributed by atoms with Gasteiger partial charge in [0.15, 0.2) is 5.11 Å². The minimum absolute atomic E-state index is 0.608. The van der Waals surface area contributed by atoms with Gasteiger partial charge in [-0.15, -0.1) is 0 Å². The Kier molecular flexibility index (Phi) is 5.05. The Morgan fingerprint density at radius 1 is 1.05 bits per heavy atom. The SMILES string of the molecule is CCNC(=S)Nc1ccc(Nc2nc(C)cc(C)n2)cc1. The Labute approximate surface area is 130 Å². The smallest absolute Gasteiger partial charge is 0.227 e. The first-order chi connectivity index (χ1) is 10.1. The van der Waals surface area contributed by atoms with Crippen LogP contribution in [0.5, 0.6) is 0 Å². The van der Waals surface area contributed by atoms with E-state index in [2.05, 4.69) is 25.9 Å². The number of nitrogens with zero attached hydrogens (tertiary/aromatic N) is 2. The summed E-state index contributed by atoms with van der Waals surface area (Å²) in [5.41, 5.74) is 3.76. The molecule has 0 aliphatic heterocycles. The number of aryl methyl sites for hydroxylation is 2. The van der Waals surface area contributed by atoms with Crippen LogP contribution in [0, 0.1) is 13.8 Å². The molecule has 1 aromatic carbocycles. The Balaban J connectivity index is 2.03. The van der Waals surface area contributed by atoms with Gasteiger partial charge < -0.3 is 16.0 Å². The molecule has 1 heterocycles. The number of benzene rings is 1. The van der Waals surface area contributed by atoms with Gasteiger partial charge in [-0.05, 0) is 63.3 Å². The molecule has 3 N–H and O–H groups in total. The highest BCUT2D eigenvalue weighted by molar-refractivity contribution is 7.80. The molecule has 0 fully saturated rings. The molecule has 0 spiro atoms. The second kappa shape index (κ2) is 6.99. The molecule has 2 rings (SSSR count). The molecule has 0 atom stereocenters. The van der Waals surface area contributed by atoms with E-state index < -0.39 is 0 Å². The van der Waals surface area contributed by atoms with Gasteiger partial charge in [0.1, 0.15) is 0 Å². The third kappa shape index (κ3) is 4.68. The maximum absolute atomic E-state index is 5.14. The second-order valence-corrected chi connectivity index (χ2v) is 5.07. The summed E-state index contributed by atoms with van der Waals surface area (Å²) < 4.78 is 0. The van der Waals surface area contributed by atoms with Crippen molar-refractivity contribution in [3.05, 3.63) is 41.7 Å². The van der Waals surface area contributed by atoms with Crippen LogP contribution in [0.1, 0.15) is 18.3 Å². The van der Waals surface area contributed by atoms with Crippen LogP contribution in [0.15, 0.2) is 30.3 Å². The molecule has 0 radical (unpaired) electrons. The predicted molar refractivity (Wildman–Crippen MR) is 91.1 cm³/mol. The summed E-state index contributed by atoms with van der Waals surface area (Å²) in [5.74, 6) is 0.608. The molecule has 2 aromatic rings. The summed E-state index contributed by atoms with van der Waals surface area (Å²) >= 11 is 5.14. The monoisotopic (exact) mass is 301 g/mol. The standard InChI is InChI=1S/C15H19N5S/c1-4-16-15(21)20-13-7-5-12(6-8-13)19-14-17-10(2)9-11(3)18-14/h5-9H,4H2,1-3H3,(H2,16,20,21)(H,17,18,19). The van der Waals surface area contributed by atoms with E-state index in [0.29, 0.717) is 11.1 Å². The molecule has 5 nitrogen and oxygen atoms in total. The minimum atomic E-state index is 0.608. The summed E-state index contributed by atoms with van der Waals surface area (Å²) in [6, 6.07) is 9.76. The summed E-state index contributed by atoms with van der Waals surface area (Å²) in [4.78, 5) is 8.71. The van der Waals surface area contributed by atoms with Crippen molar-refractivity contribution in [1.82, 2.24) is 15.3 Å². The molecule has 110 valence electrons. The number of hydrogen-bond acceptors (Lipinski definition) is 4. The Hall–Kier alpha value is -2.21. The number of anilines is 3. The third-order valence-electron chi connectivity index (χ3n) is 2.72. The van der Waals surface area contributed by atoms with Crippen LogP contribution in [0.4, 0.5) is 17.3 Å². The Morgan fingerprint density at radius 2 is 1.62 bits per heavy atom. The first-order valence-corrected chi connectivity index (χ1v) is 7.22.